The van der Waals surface area contributed by atoms with E-state index < -0.39 is 0 Å². The number of rotatable bonds is 0. The van der Waals surface area contributed by atoms with Crippen LogP contribution in [0.1, 0.15) is 26.3 Å². The minimum absolute atomic E-state index is 0.217. The fourth-order valence-electron chi connectivity index (χ4n) is 1.63. The zero-order valence-electron chi connectivity index (χ0n) is 8.79. The predicted molar refractivity (Wildman–Crippen MR) is 64.9 cm³/mol. The van der Waals surface area contributed by atoms with Crippen molar-refractivity contribution in [2.75, 3.05) is 5.73 Å². The fraction of sp³-hybridized carbons (Fsp3) is 0.333. The first kappa shape index (κ1) is 9.53. The summed E-state index contributed by atoms with van der Waals surface area (Å²) in [6.45, 7) is 6.72. The molecular formula is C12H15NS. The lowest BCUT2D eigenvalue weighted by Gasteiger charge is -2.17. The van der Waals surface area contributed by atoms with E-state index in [1.165, 1.54) is 15.6 Å². The van der Waals surface area contributed by atoms with Gasteiger partial charge < -0.3 is 5.73 Å². The molecule has 0 atom stereocenters. The molecule has 0 unspecified atom stereocenters. The molecule has 1 nitrogen and oxygen atoms in total. The second-order valence-electron chi connectivity index (χ2n) is 4.65. The molecule has 2 aromatic rings. The van der Waals surface area contributed by atoms with Gasteiger partial charge in [0, 0.05) is 10.4 Å². The van der Waals surface area contributed by atoms with Gasteiger partial charge in [-0.3, -0.25) is 0 Å². The van der Waals surface area contributed by atoms with Crippen LogP contribution < -0.4 is 5.73 Å². The average Bonchev–Trinajstić information content (AvgIpc) is 2.45. The minimum Gasteiger partial charge on any atom is -0.399 e. The molecule has 74 valence electrons. The van der Waals surface area contributed by atoms with Crippen LogP contribution in [-0.2, 0) is 5.41 Å². The van der Waals surface area contributed by atoms with Gasteiger partial charge in [0.1, 0.15) is 0 Å². The van der Waals surface area contributed by atoms with E-state index in [1.807, 2.05) is 6.07 Å². The molecule has 0 radical (unpaired) electrons. The van der Waals surface area contributed by atoms with Crippen molar-refractivity contribution in [3.8, 4) is 0 Å². The van der Waals surface area contributed by atoms with Crippen LogP contribution in [0.5, 0.6) is 0 Å². The summed E-state index contributed by atoms with van der Waals surface area (Å²) in [5.74, 6) is 0. The highest BCUT2D eigenvalue weighted by Crippen LogP contribution is 2.35. The predicted octanol–water partition coefficient (Wildman–Crippen LogP) is 3.78. The number of fused-ring (bicyclic) bond motifs is 1. The van der Waals surface area contributed by atoms with Crippen LogP contribution in [0.4, 0.5) is 5.69 Å². The Morgan fingerprint density at radius 2 is 1.93 bits per heavy atom. The highest BCUT2D eigenvalue weighted by molar-refractivity contribution is 7.17. The van der Waals surface area contributed by atoms with Gasteiger partial charge in [-0.1, -0.05) is 26.8 Å². The van der Waals surface area contributed by atoms with Crippen LogP contribution in [-0.4, -0.2) is 0 Å². The van der Waals surface area contributed by atoms with Gasteiger partial charge in [0.25, 0.3) is 0 Å². The van der Waals surface area contributed by atoms with Crippen molar-refractivity contribution in [3.63, 3.8) is 0 Å². The lowest BCUT2D eigenvalue weighted by Crippen LogP contribution is -2.09. The molecule has 0 aliphatic carbocycles. The molecule has 0 saturated carbocycles. The molecule has 14 heavy (non-hydrogen) atoms. The highest BCUT2D eigenvalue weighted by Gasteiger charge is 2.17. The third-order valence-electron chi connectivity index (χ3n) is 2.41. The van der Waals surface area contributed by atoms with Gasteiger partial charge in [0.15, 0.2) is 0 Å². The van der Waals surface area contributed by atoms with Crippen LogP contribution in [0.2, 0.25) is 0 Å². The zero-order chi connectivity index (χ0) is 10.3. The Hall–Kier alpha value is -1.02. The Morgan fingerprint density at radius 1 is 1.21 bits per heavy atom. The van der Waals surface area contributed by atoms with Crippen molar-refractivity contribution < 1.29 is 0 Å². The van der Waals surface area contributed by atoms with Crippen molar-refractivity contribution in [2.24, 2.45) is 0 Å². The molecule has 0 fully saturated rings. The van der Waals surface area contributed by atoms with Crippen LogP contribution in [0, 0.1) is 0 Å². The largest absolute Gasteiger partial charge is 0.399 e. The number of nitrogen functional groups attached to an aromatic ring is 1. The number of anilines is 1. The summed E-state index contributed by atoms with van der Waals surface area (Å²) in [4.78, 5) is 0. The van der Waals surface area contributed by atoms with E-state index in [0.29, 0.717) is 0 Å². The smallest absolute Gasteiger partial charge is 0.0366 e. The van der Waals surface area contributed by atoms with Crippen LogP contribution >= 0.6 is 11.3 Å². The van der Waals surface area contributed by atoms with E-state index in [4.69, 9.17) is 5.73 Å². The molecule has 1 heterocycles. The van der Waals surface area contributed by atoms with Crippen molar-refractivity contribution in [3.05, 3.63) is 29.1 Å². The standard InChI is InChI=1S/C12H15NS/c1-12(2,3)10-7-14-11-6-8(13)4-5-9(10)11/h4-7H,13H2,1-3H3. The van der Waals surface area contributed by atoms with Crippen LogP contribution in [0.15, 0.2) is 23.6 Å². The van der Waals surface area contributed by atoms with E-state index in [1.54, 1.807) is 11.3 Å². The number of benzene rings is 1. The summed E-state index contributed by atoms with van der Waals surface area (Å²) >= 11 is 1.77. The zero-order valence-corrected chi connectivity index (χ0v) is 9.61. The molecule has 0 spiro atoms. The maximum absolute atomic E-state index is 5.75. The Morgan fingerprint density at radius 3 is 2.57 bits per heavy atom. The highest BCUT2D eigenvalue weighted by atomic mass is 32.1. The van der Waals surface area contributed by atoms with Crippen molar-refractivity contribution in [1.82, 2.24) is 0 Å². The molecule has 0 amide bonds. The van der Waals surface area contributed by atoms with Gasteiger partial charge in [-0.15, -0.1) is 11.3 Å². The number of nitrogens with two attached hydrogens (primary N) is 1. The first-order valence-corrected chi connectivity index (χ1v) is 5.63. The van der Waals surface area contributed by atoms with Gasteiger partial charge in [-0.25, -0.2) is 0 Å². The Balaban J connectivity index is 2.70. The summed E-state index contributed by atoms with van der Waals surface area (Å²) in [6, 6.07) is 6.15. The van der Waals surface area contributed by atoms with E-state index in [2.05, 4.69) is 38.3 Å². The number of thiophene rings is 1. The second-order valence-corrected chi connectivity index (χ2v) is 5.57. The molecule has 2 heteroatoms. The topological polar surface area (TPSA) is 26.0 Å². The molecule has 0 aliphatic rings. The fourth-order valence-corrected chi connectivity index (χ4v) is 2.86. The monoisotopic (exact) mass is 205 g/mol. The van der Waals surface area contributed by atoms with E-state index in [9.17, 15) is 0 Å². The molecular weight excluding hydrogens is 190 g/mol. The third-order valence-corrected chi connectivity index (χ3v) is 3.35. The van der Waals surface area contributed by atoms with Crippen LogP contribution in [0.25, 0.3) is 10.1 Å². The molecule has 1 aromatic heterocycles. The minimum atomic E-state index is 0.217. The Labute approximate surface area is 88.6 Å². The summed E-state index contributed by atoms with van der Waals surface area (Å²) in [7, 11) is 0. The average molecular weight is 205 g/mol. The van der Waals surface area contributed by atoms with Crippen molar-refractivity contribution >= 4 is 27.1 Å². The summed E-state index contributed by atoms with van der Waals surface area (Å²) in [5.41, 5.74) is 8.23. The van der Waals surface area contributed by atoms with Gasteiger partial charge in [-0.05, 0) is 33.9 Å². The number of hydrogen-bond donors (Lipinski definition) is 1. The van der Waals surface area contributed by atoms with Crippen molar-refractivity contribution in [2.45, 2.75) is 26.2 Å². The SMILES string of the molecule is CC(C)(C)c1csc2cc(N)ccc12. The summed E-state index contributed by atoms with van der Waals surface area (Å²) in [6.07, 6.45) is 0. The van der Waals surface area contributed by atoms with Gasteiger partial charge >= 0.3 is 0 Å². The van der Waals surface area contributed by atoms with Gasteiger partial charge in [0.05, 0.1) is 0 Å². The van der Waals surface area contributed by atoms with Crippen LogP contribution in [0.3, 0.4) is 0 Å². The van der Waals surface area contributed by atoms with Gasteiger partial charge in [0.2, 0.25) is 0 Å². The normalized spacial score (nSPS) is 12.2. The lowest BCUT2D eigenvalue weighted by molar-refractivity contribution is 0.598. The third kappa shape index (κ3) is 1.50. The maximum Gasteiger partial charge on any atom is 0.0366 e. The molecule has 0 bridgehead atoms. The lowest BCUT2D eigenvalue weighted by atomic mass is 9.87. The first-order chi connectivity index (χ1) is 6.48. The van der Waals surface area contributed by atoms with E-state index in [0.717, 1.165) is 5.69 Å². The molecule has 1 aromatic carbocycles. The second kappa shape index (κ2) is 2.99. The quantitative estimate of drug-likeness (QED) is 0.651. The van der Waals surface area contributed by atoms with Gasteiger partial charge in [-0.2, -0.15) is 0 Å². The first-order valence-electron chi connectivity index (χ1n) is 4.76. The molecule has 2 rings (SSSR count). The summed E-state index contributed by atoms with van der Waals surface area (Å²) < 4.78 is 1.29. The van der Waals surface area contributed by atoms with E-state index >= 15 is 0 Å². The summed E-state index contributed by atoms with van der Waals surface area (Å²) in [5, 5.41) is 3.58. The molecule has 0 saturated heterocycles. The Bertz CT molecular complexity index is 463. The van der Waals surface area contributed by atoms with Crippen molar-refractivity contribution in [1.29, 1.82) is 0 Å². The number of hydrogen-bond acceptors (Lipinski definition) is 2. The maximum atomic E-state index is 5.75. The molecule has 2 N–H and O–H groups in total. The Kier molecular flexibility index (Phi) is 2.04. The van der Waals surface area contributed by atoms with E-state index in [-0.39, 0.29) is 5.41 Å². The molecule has 0 aliphatic heterocycles.